The SMILES string of the molecule is CC(C(=O)c1cccc(F)c1)N(C)Cc1ccccc1. The largest absolute Gasteiger partial charge is 0.292 e. The Morgan fingerprint density at radius 2 is 1.85 bits per heavy atom. The van der Waals surface area contributed by atoms with Crippen molar-refractivity contribution in [3.8, 4) is 0 Å². The summed E-state index contributed by atoms with van der Waals surface area (Å²) in [5, 5.41) is 0. The average Bonchev–Trinajstić information content (AvgIpc) is 2.46. The van der Waals surface area contributed by atoms with E-state index in [2.05, 4.69) is 0 Å². The minimum Gasteiger partial charge on any atom is -0.292 e. The molecule has 0 heterocycles. The van der Waals surface area contributed by atoms with Crippen LogP contribution < -0.4 is 0 Å². The van der Waals surface area contributed by atoms with E-state index in [-0.39, 0.29) is 17.6 Å². The summed E-state index contributed by atoms with van der Waals surface area (Å²) >= 11 is 0. The molecule has 0 aliphatic heterocycles. The molecule has 0 aliphatic carbocycles. The maximum absolute atomic E-state index is 13.2. The molecule has 0 N–H and O–H groups in total. The number of hydrogen-bond donors (Lipinski definition) is 0. The summed E-state index contributed by atoms with van der Waals surface area (Å²) in [5.74, 6) is -0.448. The van der Waals surface area contributed by atoms with Gasteiger partial charge in [0, 0.05) is 12.1 Å². The summed E-state index contributed by atoms with van der Waals surface area (Å²) in [7, 11) is 1.90. The molecule has 2 aromatic carbocycles. The van der Waals surface area contributed by atoms with E-state index in [4.69, 9.17) is 0 Å². The third-order valence-electron chi connectivity index (χ3n) is 3.42. The predicted molar refractivity (Wildman–Crippen MR) is 78.1 cm³/mol. The Hall–Kier alpha value is -2.00. The van der Waals surface area contributed by atoms with Crippen molar-refractivity contribution in [2.24, 2.45) is 0 Å². The van der Waals surface area contributed by atoms with Gasteiger partial charge in [-0.3, -0.25) is 9.69 Å². The Bertz CT molecular complexity index is 583. The van der Waals surface area contributed by atoms with Gasteiger partial charge >= 0.3 is 0 Å². The maximum atomic E-state index is 13.2. The lowest BCUT2D eigenvalue weighted by Crippen LogP contribution is -2.35. The molecule has 1 unspecified atom stereocenters. The first-order valence-corrected chi connectivity index (χ1v) is 6.62. The molecule has 0 fully saturated rings. The van der Waals surface area contributed by atoms with Crippen molar-refractivity contribution >= 4 is 5.78 Å². The van der Waals surface area contributed by atoms with Crippen molar-refractivity contribution in [2.75, 3.05) is 7.05 Å². The van der Waals surface area contributed by atoms with Crippen LogP contribution in [-0.2, 0) is 6.54 Å². The highest BCUT2D eigenvalue weighted by Gasteiger charge is 2.19. The summed E-state index contributed by atoms with van der Waals surface area (Å²) in [5.41, 5.74) is 1.56. The summed E-state index contributed by atoms with van der Waals surface area (Å²) in [6.45, 7) is 2.53. The lowest BCUT2D eigenvalue weighted by Gasteiger charge is -2.23. The van der Waals surface area contributed by atoms with Crippen LogP contribution in [0.5, 0.6) is 0 Å². The number of carbonyl (C=O) groups is 1. The fraction of sp³-hybridized carbons (Fsp3) is 0.235. The quantitative estimate of drug-likeness (QED) is 0.775. The van der Waals surface area contributed by atoms with Crippen LogP contribution in [0.1, 0.15) is 22.8 Å². The van der Waals surface area contributed by atoms with Crippen molar-refractivity contribution in [2.45, 2.75) is 19.5 Å². The van der Waals surface area contributed by atoms with Gasteiger partial charge in [0.25, 0.3) is 0 Å². The van der Waals surface area contributed by atoms with Crippen LogP contribution in [0.15, 0.2) is 54.6 Å². The number of likely N-dealkylation sites (N-methyl/N-ethyl adjacent to an activating group) is 1. The highest BCUT2D eigenvalue weighted by atomic mass is 19.1. The van der Waals surface area contributed by atoms with E-state index < -0.39 is 0 Å². The lowest BCUT2D eigenvalue weighted by molar-refractivity contribution is 0.0861. The number of carbonyl (C=O) groups excluding carboxylic acids is 1. The van der Waals surface area contributed by atoms with Crippen molar-refractivity contribution in [1.82, 2.24) is 4.90 Å². The zero-order valence-corrected chi connectivity index (χ0v) is 11.7. The topological polar surface area (TPSA) is 20.3 Å². The summed E-state index contributed by atoms with van der Waals surface area (Å²) in [4.78, 5) is 14.3. The van der Waals surface area contributed by atoms with Crippen molar-refractivity contribution in [3.63, 3.8) is 0 Å². The first kappa shape index (κ1) is 14.4. The summed E-state index contributed by atoms with van der Waals surface area (Å²) in [6.07, 6.45) is 0. The predicted octanol–water partition coefficient (Wildman–Crippen LogP) is 3.53. The van der Waals surface area contributed by atoms with Gasteiger partial charge < -0.3 is 0 Å². The molecule has 1 atom stereocenters. The van der Waals surface area contributed by atoms with Gasteiger partial charge in [0.2, 0.25) is 0 Å². The minimum absolute atomic E-state index is 0.0667. The molecule has 0 radical (unpaired) electrons. The molecule has 0 spiro atoms. The zero-order valence-electron chi connectivity index (χ0n) is 11.7. The second-order valence-electron chi connectivity index (χ2n) is 4.95. The fourth-order valence-electron chi connectivity index (χ4n) is 2.09. The molecule has 2 nitrogen and oxygen atoms in total. The van der Waals surface area contributed by atoms with Gasteiger partial charge in [0.15, 0.2) is 5.78 Å². The van der Waals surface area contributed by atoms with Gasteiger partial charge in [-0.15, -0.1) is 0 Å². The zero-order chi connectivity index (χ0) is 14.5. The van der Waals surface area contributed by atoms with E-state index in [9.17, 15) is 9.18 Å². The monoisotopic (exact) mass is 271 g/mol. The normalized spacial score (nSPS) is 12.4. The molecule has 20 heavy (non-hydrogen) atoms. The number of benzene rings is 2. The smallest absolute Gasteiger partial charge is 0.179 e. The van der Waals surface area contributed by atoms with Crippen molar-refractivity contribution in [3.05, 3.63) is 71.5 Å². The second kappa shape index (κ2) is 6.44. The number of ketones is 1. The number of hydrogen-bond acceptors (Lipinski definition) is 2. The maximum Gasteiger partial charge on any atom is 0.179 e. The summed E-state index contributed by atoms with van der Waals surface area (Å²) in [6, 6.07) is 15.5. The number of nitrogens with zero attached hydrogens (tertiary/aromatic N) is 1. The van der Waals surface area contributed by atoms with Gasteiger partial charge in [-0.1, -0.05) is 42.5 Å². The molecule has 0 amide bonds. The van der Waals surface area contributed by atoms with Crippen LogP contribution in [0.2, 0.25) is 0 Å². The molecule has 0 saturated heterocycles. The Morgan fingerprint density at radius 1 is 1.15 bits per heavy atom. The standard InChI is InChI=1S/C17H18FNO/c1-13(17(20)15-9-6-10-16(18)11-15)19(2)12-14-7-4-3-5-8-14/h3-11,13H,12H2,1-2H3. The van der Waals surface area contributed by atoms with Crippen molar-refractivity contribution < 1.29 is 9.18 Å². The number of halogens is 1. The number of Topliss-reactive ketones (excluding diaryl/α,β-unsaturated/α-hetero) is 1. The molecule has 0 saturated carbocycles. The molecule has 0 aliphatic rings. The molecular formula is C17H18FNO. The molecule has 0 bridgehead atoms. The molecule has 2 aromatic rings. The molecule has 2 rings (SSSR count). The van der Waals surface area contributed by atoms with Crippen LogP contribution in [0.3, 0.4) is 0 Å². The van der Waals surface area contributed by atoms with Crippen LogP contribution in [-0.4, -0.2) is 23.8 Å². The second-order valence-corrected chi connectivity index (χ2v) is 4.95. The highest BCUT2D eigenvalue weighted by Crippen LogP contribution is 2.12. The average molecular weight is 271 g/mol. The third kappa shape index (κ3) is 3.52. The number of rotatable bonds is 5. The molecule has 104 valence electrons. The highest BCUT2D eigenvalue weighted by molar-refractivity contribution is 5.99. The van der Waals surface area contributed by atoms with E-state index in [0.717, 1.165) is 5.56 Å². The first-order valence-electron chi connectivity index (χ1n) is 6.62. The lowest BCUT2D eigenvalue weighted by atomic mass is 10.0. The van der Waals surface area contributed by atoms with E-state index in [1.54, 1.807) is 12.1 Å². The van der Waals surface area contributed by atoms with Crippen LogP contribution >= 0.6 is 0 Å². The van der Waals surface area contributed by atoms with Gasteiger partial charge in [-0.25, -0.2) is 4.39 Å². The molecule has 0 aromatic heterocycles. The van der Waals surface area contributed by atoms with E-state index in [0.29, 0.717) is 12.1 Å². The minimum atomic E-state index is -0.381. The Labute approximate surface area is 118 Å². The van der Waals surface area contributed by atoms with E-state index in [1.807, 2.05) is 49.2 Å². The van der Waals surface area contributed by atoms with E-state index >= 15 is 0 Å². The molecule has 3 heteroatoms. The van der Waals surface area contributed by atoms with Gasteiger partial charge in [0.1, 0.15) is 5.82 Å². The Balaban J connectivity index is 2.06. The van der Waals surface area contributed by atoms with Gasteiger partial charge in [-0.2, -0.15) is 0 Å². The van der Waals surface area contributed by atoms with Crippen LogP contribution in [0, 0.1) is 5.82 Å². The van der Waals surface area contributed by atoms with Gasteiger partial charge in [0.05, 0.1) is 6.04 Å². The van der Waals surface area contributed by atoms with Crippen LogP contribution in [0.4, 0.5) is 4.39 Å². The summed E-state index contributed by atoms with van der Waals surface area (Å²) < 4.78 is 13.2. The Kier molecular flexibility index (Phi) is 4.64. The fourth-order valence-corrected chi connectivity index (χ4v) is 2.09. The van der Waals surface area contributed by atoms with Crippen LogP contribution in [0.25, 0.3) is 0 Å². The van der Waals surface area contributed by atoms with E-state index in [1.165, 1.54) is 12.1 Å². The van der Waals surface area contributed by atoms with Gasteiger partial charge in [-0.05, 0) is 31.7 Å². The Morgan fingerprint density at radius 3 is 2.50 bits per heavy atom. The molecular weight excluding hydrogens is 253 g/mol. The first-order chi connectivity index (χ1) is 9.58. The van der Waals surface area contributed by atoms with Crippen molar-refractivity contribution in [1.29, 1.82) is 0 Å². The third-order valence-corrected chi connectivity index (χ3v) is 3.42.